The number of nitrogens with one attached hydrogen (secondary N) is 1. The van der Waals surface area contributed by atoms with Crippen molar-refractivity contribution in [2.45, 2.75) is 64.2 Å². The minimum absolute atomic E-state index is 0.145. The molecule has 1 N–H and O–H groups in total. The van der Waals surface area contributed by atoms with Gasteiger partial charge in [0, 0.05) is 11.1 Å². The number of carbonyl (C=O) groups is 1. The lowest BCUT2D eigenvalue weighted by Crippen LogP contribution is -2.41. The van der Waals surface area contributed by atoms with Crippen LogP contribution < -0.4 is 10.8 Å². The van der Waals surface area contributed by atoms with Crippen LogP contribution >= 0.6 is 0 Å². The third kappa shape index (κ3) is 3.15. The van der Waals surface area contributed by atoms with E-state index in [2.05, 4.69) is 5.32 Å². The molecule has 2 fully saturated rings. The Kier molecular flexibility index (Phi) is 3.61. The Hall–Kier alpha value is -1.40. The predicted molar refractivity (Wildman–Crippen MR) is 87.2 cm³/mol. The molecule has 1 aliphatic carbocycles. The Morgan fingerprint density at radius 2 is 1.65 bits per heavy atom. The van der Waals surface area contributed by atoms with Crippen LogP contribution in [0.5, 0.6) is 0 Å². The average molecular weight is 319 g/mol. The maximum atomic E-state index is 14.0. The Morgan fingerprint density at radius 3 is 2.17 bits per heavy atom. The number of carbonyl (C=O) groups excluding carboxylic acids is 1. The van der Waals surface area contributed by atoms with Crippen LogP contribution in [0.3, 0.4) is 0 Å². The normalized spacial score (nSPS) is 23.7. The van der Waals surface area contributed by atoms with E-state index in [4.69, 9.17) is 9.31 Å². The van der Waals surface area contributed by atoms with E-state index in [-0.39, 0.29) is 11.4 Å². The summed E-state index contributed by atoms with van der Waals surface area (Å²) in [6.45, 7) is 9.74. The van der Waals surface area contributed by atoms with Crippen molar-refractivity contribution < 1.29 is 18.5 Å². The van der Waals surface area contributed by atoms with Gasteiger partial charge in [-0.1, -0.05) is 0 Å². The molecule has 1 saturated heterocycles. The molecule has 4 nitrogen and oxygen atoms in total. The number of rotatable bonds is 3. The smallest absolute Gasteiger partial charge is 0.399 e. The van der Waals surface area contributed by atoms with Gasteiger partial charge in [-0.3, -0.25) is 4.79 Å². The predicted octanol–water partition coefficient (Wildman–Crippen LogP) is 2.41. The monoisotopic (exact) mass is 319 g/mol. The number of benzene rings is 1. The van der Waals surface area contributed by atoms with Crippen molar-refractivity contribution in [3.05, 3.63) is 29.6 Å². The van der Waals surface area contributed by atoms with Crippen LogP contribution in [-0.4, -0.2) is 29.8 Å². The van der Waals surface area contributed by atoms with Crippen LogP contribution in [0.25, 0.3) is 0 Å². The summed E-state index contributed by atoms with van der Waals surface area (Å²) >= 11 is 0. The first-order valence-corrected chi connectivity index (χ1v) is 8.00. The number of hydrogen-bond acceptors (Lipinski definition) is 3. The fourth-order valence-electron chi connectivity index (χ4n) is 2.52. The van der Waals surface area contributed by atoms with E-state index < -0.39 is 24.1 Å². The highest BCUT2D eigenvalue weighted by atomic mass is 19.1. The van der Waals surface area contributed by atoms with Crippen LogP contribution in [0.1, 0.15) is 57.8 Å². The van der Waals surface area contributed by atoms with E-state index >= 15 is 0 Å². The minimum atomic E-state index is -0.682. The second-order valence-corrected chi connectivity index (χ2v) is 7.88. The van der Waals surface area contributed by atoms with E-state index in [9.17, 15) is 9.18 Å². The first-order valence-electron chi connectivity index (χ1n) is 8.00. The first kappa shape index (κ1) is 16.5. The average Bonchev–Trinajstić information content (AvgIpc) is 3.08. The standard InChI is InChI=1S/C17H23BFNO3/c1-15(2)16(3,4)23-18(22-15)12-8-11(9-13(19)10-12)14(21)20-17(5)6-7-17/h8-10H,6-7H2,1-5H3,(H,20,21). The van der Waals surface area contributed by atoms with Gasteiger partial charge in [0.25, 0.3) is 5.91 Å². The van der Waals surface area contributed by atoms with E-state index in [0.717, 1.165) is 12.8 Å². The van der Waals surface area contributed by atoms with Crippen LogP contribution in [0, 0.1) is 5.82 Å². The molecule has 0 atom stereocenters. The molecule has 1 aromatic carbocycles. The molecule has 124 valence electrons. The Bertz CT molecular complexity index is 639. The van der Waals surface area contributed by atoms with Crippen molar-refractivity contribution >= 4 is 18.5 Å². The zero-order valence-electron chi connectivity index (χ0n) is 14.3. The fourth-order valence-corrected chi connectivity index (χ4v) is 2.52. The lowest BCUT2D eigenvalue weighted by atomic mass is 9.78. The highest BCUT2D eigenvalue weighted by Crippen LogP contribution is 2.37. The molecular formula is C17H23BFNO3. The van der Waals surface area contributed by atoms with E-state index in [1.165, 1.54) is 12.1 Å². The van der Waals surface area contributed by atoms with Crippen LogP contribution in [-0.2, 0) is 9.31 Å². The van der Waals surface area contributed by atoms with Gasteiger partial charge in [-0.2, -0.15) is 0 Å². The number of halogens is 1. The zero-order chi connectivity index (χ0) is 17.0. The zero-order valence-corrected chi connectivity index (χ0v) is 14.3. The quantitative estimate of drug-likeness (QED) is 0.871. The van der Waals surface area contributed by atoms with Crippen molar-refractivity contribution in [2.75, 3.05) is 0 Å². The third-order valence-corrected chi connectivity index (χ3v) is 5.12. The molecule has 0 aromatic heterocycles. The fraction of sp³-hybridized carbons (Fsp3) is 0.588. The maximum Gasteiger partial charge on any atom is 0.494 e. The van der Waals surface area contributed by atoms with Gasteiger partial charge in [-0.15, -0.1) is 0 Å². The topological polar surface area (TPSA) is 47.6 Å². The molecular weight excluding hydrogens is 296 g/mol. The summed E-state index contributed by atoms with van der Waals surface area (Å²) in [5, 5.41) is 2.94. The SMILES string of the molecule is CC1(NC(=O)c2cc(F)cc(B3OC(C)(C)C(C)(C)O3)c2)CC1. The molecule has 0 bridgehead atoms. The second-order valence-electron chi connectivity index (χ2n) is 7.88. The molecule has 2 aliphatic rings. The molecule has 0 unspecified atom stereocenters. The van der Waals surface area contributed by atoms with Gasteiger partial charge >= 0.3 is 7.12 Å². The third-order valence-electron chi connectivity index (χ3n) is 5.12. The van der Waals surface area contributed by atoms with Gasteiger partial charge in [0.05, 0.1) is 11.2 Å². The molecule has 1 aromatic rings. The second kappa shape index (κ2) is 5.05. The summed E-state index contributed by atoms with van der Waals surface area (Å²) in [6, 6.07) is 4.25. The molecule has 1 aliphatic heterocycles. The van der Waals surface area contributed by atoms with Crippen molar-refractivity contribution in [1.82, 2.24) is 5.32 Å². The molecule has 1 saturated carbocycles. The molecule has 6 heteroatoms. The van der Waals surface area contributed by atoms with Crippen molar-refractivity contribution in [2.24, 2.45) is 0 Å². The summed E-state index contributed by atoms with van der Waals surface area (Å²) in [5.74, 6) is -0.731. The highest BCUT2D eigenvalue weighted by molar-refractivity contribution is 6.62. The van der Waals surface area contributed by atoms with E-state index in [1.807, 2.05) is 34.6 Å². The number of hydrogen-bond donors (Lipinski definition) is 1. The van der Waals surface area contributed by atoms with E-state index in [1.54, 1.807) is 6.07 Å². The molecule has 1 amide bonds. The molecule has 3 rings (SSSR count). The Labute approximate surface area is 136 Å². The minimum Gasteiger partial charge on any atom is -0.399 e. The number of amides is 1. The molecule has 1 heterocycles. The van der Waals surface area contributed by atoms with E-state index in [0.29, 0.717) is 11.0 Å². The largest absolute Gasteiger partial charge is 0.494 e. The van der Waals surface area contributed by atoms with Crippen molar-refractivity contribution in [3.63, 3.8) is 0 Å². The van der Waals surface area contributed by atoms with Gasteiger partial charge in [0.2, 0.25) is 0 Å². The summed E-state index contributed by atoms with van der Waals surface area (Å²) in [7, 11) is -0.682. The maximum absolute atomic E-state index is 14.0. The first-order chi connectivity index (χ1) is 10.5. The van der Waals surface area contributed by atoms with Crippen molar-refractivity contribution in [3.8, 4) is 0 Å². The Balaban J connectivity index is 1.85. The summed E-state index contributed by atoms with van der Waals surface area (Å²) < 4.78 is 25.8. The summed E-state index contributed by atoms with van der Waals surface area (Å²) in [5.41, 5.74) is -0.340. The van der Waals surface area contributed by atoms with Gasteiger partial charge in [0.15, 0.2) is 0 Å². The Morgan fingerprint density at radius 1 is 1.09 bits per heavy atom. The van der Waals surface area contributed by atoms with Crippen LogP contribution in [0.2, 0.25) is 0 Å². The summed E-state index contributed by atoms with van der Waals surface area (Å²) in [4.78, 5) is 12.3. The van der Waals surface area contributed by atoms with Crippen LogP contribution in [0.15, 0.2) is 18.2 Å². The van der Waals surface area contributed by atoms with Crippen LogP contribution in [0.4, 0.5) is 4.39 Å². The van der Waals surface area contributed by atoms with Gasteiger partial charge in [0.1, 0.15) is 5.82 Å². The lowest BCUT2D eigenvalue weighted by Gasteiger charge is -2.32. The molecule has 0 radical (unpaired) electrons. The highest BCUT2D eigenvalue weighted by Gasteiger charge is 2.52. The lowest BCUT2D eigenvalue weighted by molar-refractivity contribution is 0.00578. The van der Waals surface area contributed by atoms with Gasteiger partial charge in [-0.25, -0.2) is 4.39 Å². The van der Waals surface area contributed by atoms with Crippen molar-refractivity contribution in [1.29, 1.82) is 0 Å². The molecule has 23 heavy (non-hydrogen) atoms. The van der Waals surface area contributed by atoms with Gasteiger partial charge in [-0.05, 0) is 71.1 Å². The summed E-state index contributed by atoms with van der Waals surface area (Å²) in [6.07, 6.45) is 1.91. The molecule has 0 spiro atoms. The van der Waals surface area contributed by atoms with Gasteiger partial charge < -0.3 is 14.6 Å².